The quantitative estimate of drug-likeness (QED) is 0.405. The third-order valence-corrected chi connectivity index (χ3v) is 7.18. The highest BCUT2D eigenvalue weighted by Crippen LogP contribution is 2.48. The zero-order chi connectivity index (χ0) is 26.8. The van der Waals surface area contributed by atoms with Crippen LogP contribution >= 0.6 is 0 Å². The smallest absolute Gasteiger partial charge is 0.336 e. The van der Waals surface area contributed by atoms with Crippen molar-refractivity contribution in [3.8, 4) is 0 Å². The molecule has 0 spiro atoms. The van der Waals surface area contributed by atoms with Crippen LogP contribution in [0.2, 0.25) is 0 Å². The maximum Gasteiger partial charge on any atom is 0.336 e. The van der Waals surface area contributed by atoms with Crippen LogP contribution in [0.25, 0.3) is 10.9 Å². The Bertz CT molecular complexity index is 1210. The monoisotopic (exact) mass is 508 g/mol. The number of benzene rings is 1. The lowest BCUT2D eigenvalue weighted by Gasteiger charge is -2.44. The number of H-pyrrole nitrogens is 1. The Kier molecular flexibility index (Phi) is 7.93. The van der Waals surface area contributed by atoms with Crippen molar-refractivity contribution in [2.75, 3.05) is 13.2 Å². The first-order valence-electron chi connectivity index (χ1n) is 13.5. The second-order valence-corrected chi connectivity index (χ2v) is 11.1. The third-order valence-electron chi connectivity index (χ3n) is 7.18. The number of nitrogens with one attached hydrogen (secondary N) is 1. The van der Waals surface area contributed by atoms with Gasteiger partial charge in [-0.25, -0.2) is 4.79 Å². The van der Waals surface area contributed by atoms with E-state index in [-0.39, 0.29) is 19.2 Å². The molecule has 0 saturated carbocycles. The Hall–Kier alpha value is -2.93. The number of aromatic amines is 1. The van der Waals surface area contributed by atoms with Crippen molar-refractivity contribution < 1.29 is 23.8 Å². The molecule has 2 atom stereocenters. The molecule has 0 radical (unpaired) electrons. The van der Waals surface area contributed by atoms with E-state index in [1.165, 1.54) is 0 Å². The van der Waals surface area contributed by atoms with Crippen molar-refractivity contribution in [2.45, 2.75) is 90.8 Å². The zero-order valence-electron chi connectivity index (χ0n) is 23.0. The number of fused-ring (bicyclic) bond motifs is 2. The molecule has 1 fully saturated rings. The summed E-state index contributed by atoms with van der Waals surface area (Å²) in [6.45, 7) is 12.3. The first-order valence-corrected chi connectivity index (χ1v) is 13.5. The lowest BCUT2D eigenvalue weighted by atomic mass is 9.69. The number of carbonyl (C=O) groups excluding carboxylic acids is 2. The second-order valence-electron chi connectivity index (χ2n) is 11.1. The Morgan fingerprint density at radius 1 is 1.14 bits per heavy atom. The number of aliphatic imine (C=N–C) groups is 1. The minimum Gasteiger partial charge on any atom is -0.463 e. The van der Waals surface area contributed by atoms with E-state index in [1.54, 1.807) is 6.92 Å². The number of esters is 2. The van der Waals surface area contributed by atoms with E-state index in [0.717, 1.165) is 47.9 Å². The summed E-state index contributed by atoms with van der Waals surface area (Å²) in [5.41, 5.74) is 2.50. The largest absolute Gasteiger partial charge is 0.463 e. The molecule has 1 N–H and O–H groups in total. The fraction of sp³-hybridized carbons (Fsp3) is 0.567. The van der Waals surface area contributed by atoms with Crippen molar-refractivity contribution in [2.24, 2.45) is 10.9 Å². The first kappa shape index (κ1) is 27.1. The third kappa shape index (κ3) is 5.52. The maximum absolute atomic E-state index is 13.9. The molecule has 2 unspecified atom stereocenters. The molecule has 4 rings (SSSR count). The van der Waals surface area contributed by atoms with Crippen LogP contribution in [0.5, 0.6) is 0 Å². The van der Waals surface area contributed by atoms with Crippen LogP contribution in [0, 0.1) is 5.92 Å². The van der Waals surface area contributed by atoms with Crippen molar-refractivity contribution in [1.82, 2.24) is 4.98 Å². The predicted octanol–water partition coefficient (Wildman–Crippen LogP) is 6.24. The standard InChI is InChI=1S/C30H40N2O5/c1-7-14-30(15-8-2)17-22-25(28(34)37-30)24(20-11-10-12-21-19(20)13-16-31-21)26(27(33)35-9-3)23(32-22)18-36-29(4,5)6/h10-13,16,24-25,31H,7-9,14-15,17-18H2,1-6H3. The summed E-state index contributed by atoms with van der Waals surface area (Å²) in [5.74, 6) is -2.07. The molecule has 37 heavy (non-hydrogen) atoms. The molecular formula is C30H40N2O5. The van der Waals surface area contributed by atoms with Crippen LogP contribution in [0.15, 0.2) is 46.7 Å². The highest BCUT2D eigenvalue weighted by molar-refractivity contribution is 6.10. The number of aromatic nitrogens is 1. The molecular weight excluding hydrogens is 468 g/mol. The van der Waals surface area contributed by atoms with E-state index in [4.69, 9.17) is 19.2 Å². The first-order chi connectivity index (χ1) is 17.6. The van der Waals surface area contributed by atoms with Crippen molar-refractivity contribution in [3.05, 3.63) is 47.3 Å². The summed E-state index contributed by atoms with van der Waals surface area (Å²) in [7, 11) is 0. The minimum absolute atomic E-state index is 0.150. The minimum atomic E-state index is -0.694. The van der Waals surface area contributed by atoms with Gasteiger partial charge < -0.3 is 19.2 Å². The number of rotatable bonds is 9. The summed E-state index contributed by atoms with van der Waals surface area (Å²) in [4.78, 5) is 35.7. The second kappa shape index (κ2) is 10.8. The van der Waals surface area contributed by atoms with Crippen LogP contribution in [-0.4, -0.2) is 47.1 Å². The molecule has 7 nitrogen and oxygen atoms in total. The number of hydrogen-bond acceptors (Lipinski definition) is 6. The summed E-state index contributed by atoms with van der Waals surface area (Å²) >= 11 is 0. The molecule has 200 valence electrons. The molecule has 7 heteroatoms. The Balaban J connectivity index is 1.94. The van der Waals surface area contributed by atoms with Gasteiger partial charge in [-0.3, -0.25) is 9.79 Å². The van der Waals surface area contributed by atoms with E-state index in [2.05, 4.69) is 18.8 Å². The molecule has 2 aromatic rings. The van der Waals surface area contributed by atoms with Crippen LogP contribution in [0.3, 0.4) is 0 Å². The Labute approximate surface area is 219 Å². The molecule has 3 heterocycles. The van der Waals surface area contributed by atoms with E-state index >= 15 is 0 Å². The van der Waals surface area contributed by atoms with Crippen molar-refractivity contribution in [3.63, 3.8) is 0 Å². The highest BCUT2D eigenvalue weighted by atomic mass is 16.6. The zero-order valence-corrected chi connectivity index (χ0v) is 23.0. The predicted molar refractivity (Wildman–Crippen MR) is 145 cm³/mol. The Morgan fingerprint density at radius 3 is 2.51 bits per heavy atom. The van der Waals surface area contributed by atoms with Gasteiger partial charge in [0, 0.05) is 35.2 Å². The lowest BCUT2D eigenvalue weighted by Crippen LogP contribution is -2.51. The molecule has 0 amide bonds. The van der Waals surface area contributed by atoms with E-state index in [1.807, 2.05) is 51.2 Å². The summed E-state index contributed by atoms with van der Waals surface area (Å²) < 4.78 is 18.0. The van der Waals surface area contributed by atoms with Gasteiger partial charge in [0.25, 0.3) is 0 Å². The topological polar surface area (TPSA) is 90.0 Å². The molecule has 1 saturated heterocycles. The normalized spacial score (nSPS) is 21.5. The maximum atomic E-state index is 13.9. The fourth-order valence-electron chi connectivity index (χ4n) is 5.79. The highest BCUT2D eigenvalue weighted by Gasteiger charge is 2.52. The van der Waals surface area contributed by atoms with Gasteiger partial charge in [-0.1, -0.05) is 38.8 Å². The average molecular weight is 509 g/mol. The summed E-state index contributed by atoms with van der Waals surface area (Å²) in [6.07, 6.45) is 5.79. The van der Waals surface area contributed by atoms with Crippen LogP contribution < -0.4 is 0 Å². The van der Waals surface area contributed by atoms with Gasteiger partial charge in [0.2, 0.25) is 0 Å². The van der Waals surface area contributed by atoms with Crippen molar-refractivity contribution >= 4 is 28.6 Å². The van der Waals surface area contributed by atoms with Gasteiger partial charge in [0.15, 0.2) is 0 Å². The van der Waals surface area contributed by atoms with E-state index in [0.29, 0.717) is 17.7 Å². The number of nitrogens with zero attached hydrogens (tertiary/aromatic N) is 1. The van der Waals surface area contributed by atoms with Gasteiger partial charge in [-0.2, -0.15) is 0 Å². The van der Waals surface area contributed by atoms with Gasteiger partial charge in [0.05, 0.1) is 30.1 Å². The molecule has 2 aliphatic rings. The number of carbonyl (C=O) groups is 2. The molecule has 0 aliphatic carbocycles. The van der Waals surface area contributed by atoms with Crippen LogP contribution in [-0.2, 0) is 23.8 Å². The van der Waals surface area contributed by atoms with Gasteiger partial charge >= 0.3 is 11.9 Å². The lowest BCUT2D eigenvalue weighted by molar-refractivity contribution is -0.168. The summed E-state index contributed by atoms with van der Waals surface area (Å²) in [6, 6.07) is 7.90. The van der Waals surface area contributed by atoms with Gasteiger partial charge in [-0.15, -0.1) is 0 Å². The Morgan fingerprint density at radius 2 is 1.86 bits per heavy atom. The molecule has 0 bridgehead atoms. The van der Waals surface area contributed by atoms with Crippen LogP contribution in [0.4, 0.5) is 0 Å². The average Bonchev–Trinajstić information content (AvgIpc) is 3.31. The fourth-order valence-corrected chi connectivity index (χ4v) is 5.79. The van der Waals surface area contributed by atoms with Gasteiger partial charge in [0.1, 0.15) is 11.5 Å². The molecule has 2 aliphatic heterocycles. The van der Waals surface area contributed by atoms with E-state index < -0.39 is 29.0 Å². The number of ether oxygens (including phenoxy) is 3. The number of hydrogen-bond donors (Lipinski definition) is 1. The molecule has 1 aromatic carbocycles. The molecule has 1 aromatic heterocycles. The number of cyclic esters (lactones) is 1. The summed E-state index contributed by atoms with van der Waals surface area (Å²) in [5, 5.41) is 0.957. The van der Waals surface area contributed by atoms with Gasteiger partial charge in [-0.05, 0) is 58.2 Å². The van der Waals surface area contributed by atoms with Crippen molar-refractivity contribution in [1.29, 1.82) is 0 Å². The SMILES string of the molecule is CCCC1(CCC)CC2=NC(COC(C)(C)C)=C(C(=O)OCC)C(c3cccc4[nH]ccc34)C2C(=O)O1. The van der Waals surface area contributed by atoms with Crippen LogP contribution in [0.1, 0.15) is 85.1 Å². The van der Waals surface area contributed by atoms with E-state index in [9.17, 15) is 9.59 Å².